The molecule has 0 aromatic heterocycles. The first-order valence-corrected chi connectivity index (χ1v) is 8.53. The van der Waals surface area contributed by atoms with E-state index in [9.17, 15) is 0 Å². The first-order chi connectivity index (χ1) is 12.2. The third-order valence-electron chi connectivity index (χ3n) is 4.59. The van der Waals surface area contributed by atoms with Gasteiger partial charge in [0.05, 0.1) is 0 Å². The average Bonchev–Trinajstić information content (AvgIpc) is 3.02. The maximum atomic E-state index is 6.09. The van der Waals surface area contributed by atoms with Crippen molar-refractivity contribution in [1.82, 2.24) is 4.90 Å². The Labute approximate surface area is 152 Å². The summed E-state index contributed by atoms with van der Waals surface area (Å²) in [7, 11) is 2.01. The van der Waals surface area contributed by atoms with E-state index in [0.29, 0.717) is 5.02 Å². The third-order valence-corrected chi connectivity index (χ3v) is 4.85. The van der Waals surface area contributed by atoms with Gasteiger partial charge in [0.15, 0.2) is 6.23 Å². The molecule has 126 valence electrons. The molecule has 0 aliphatic carbocycles. The van der Waals surface area contributed by atoms with Crippen LogP contribution in [0.1, 0.15) is 22.9 Å². The third kappa shape index (κ3) is 2.75. The summed E-state index contributed by atoms with van der Waals surface area (Å²) in [6.07, 6.45) is -0.308. The Morgan fingerprint density at radius 3 is 2.00 bits per heavy atom. The molecule has 4 heteroatoms. The Morgan fingerprint density at radius 2 is 1.36 bits per heavy atom. The van der Waals surface area contributed by atoms with Crippen LogP contribution in [-0.4, -0.2) is 11.9 Å². The van der Waals surface area contributed by atoms with Crippen molar-refractivity contribution in [2.24, 2.45) is 0 Å². The molecule has 0 radical (unpaired) electrons. The zero-order chi connectivity index (χ0) is 17.3. The summed E-state index contributed by atoms with van der Waals surface area (Å²) in [4.78, 5) is 13.9. The minimum absolute atomic E-state index is 0.308. The van der Waals surface area contributed by atoms with Gasteiger partial charge in [-0.25, -0.2) is 14.7 Å². The van der Waals surface area contributed by atoms with Gasteiger partial charge in [-0.15, -0.1) is 0 Å². The van der Waals surface area contributed by atoms with Crippen LogP contribution >= 0.6 is 11.6 Å². The molecule has 1 fully saturated rings. The summed E-state index contributed by atoms with van der Waals surface area (Å²) >= 11 is 6.09. The molecule has 1 heterocycles. The van der Waals surface area contributed by atoms with Gasteiger partial charge in [0.1, 0.15) is 0 Å². The second-order valence-corrected chi connectivity index (χ2v) is 6.51. The molecule has 1 aliphatic heterocycles. The van der Waals surface area contributed by atoms with Crippen LogP contribution in [0.3, 0.4) is 0 Å². The number of rotatable bonds is 3. The summed E-state index contributed by atoms with van der Waals surface area (Å²) in [6.45, 7) is 0. The Bertz CT molecular complexity index is 839. The Kier molecular flexibility index (Phi) is 4.32. The van der Waals surface area contributed by atoms with E-state index >= 15 is 0 Å². The molecule has 0 spiro atoms. The molecule has 0 N–H and O–H groups in total. The van der Waals surface area contributed by atoms with Crippen LogP contribution < -0.4 is 0 Å². The molecule has 3 aromatic rings. The van der Waals surface area contributed by atoms with Crippen molar-refractivity contribution in [1.29, 1.82) is 0 Å². The maximum Gasteiger partial charge on any atom is 0.210 e. The highest BCUT2D eigenvalue weighted by molar-refractivity contribution is 6.30. The van der Waals surface area contributed by atoms with Gasteiger partial charge in [-0.05, 0) is 24.7 Å². The van der Waals surface area contributed by atoms with Crippen LogP contribution in [0.4, 0.5) is 0 Å². The van der Waals surface area contributed by atoms with E-state index in [-0.39, 0.29) is 6.23 Å². The SMILES string of the molecule is CN1[C@H](c2ccccc2)OO[C@]1(c1ccccc1)c1ccc(Cl)cc1. The summed E-state index contributed by atoms with van der Waals surface area (Å²) in [5.74, 6) is 0. The molecule has 1 saturated heterocycles. The lowest BCUT2D eigenvalue weighted by Gasteiger charge is -2.34. The molecular formula is C21H18ClNO2. The lowest BCUT2D eigenvalue weighted by Crippen LogP contribution is -2.41. The fraction of sp³-hybridized carbons (Fsp3) is 0.143. The molecule has 4 rings (SSSR count). The lowest BCUT2D eigenvalue weighted by atomic mass is 9.92. The summed E-state index contributed by atoms with van der Waals surface area (Å²) < 4.78 is 0. The zero-order valence-electron chi connectivity index (χ0n) is 13.8. The summed E-state index contributed by atoms with van der Waals surface area (Å²) in [5, 5.41) is 0.688. The van der Waals surface area contributed by atoms with Crippen LogP contribution in [0.25, 0.3) is 0 Å². The van der Waals surface area contributed by atoms with Gasteiger partial charge in [-0.3, -0.25) is 0 Å². The largest absolute Gasteiger partial charge is 0.236 e. The van der Waals surface area contributed by atoms with Gasteiger partial charge in [0.25, 0.3) is 0 Å². The number of nitrogens with zero attached hydrogens (tertiary/aromatic N) is 1. The van der Waals surface area contributed by atoms with E-state index in [2.05, 4.69) is 4.90 Å². The number of hydrogen-bond donors (Lipinski definition) is 0. The van der Waals surface area contributed by atoms with Gasteiger partial charge in [0, 0.05) is 16.1 Å². The maximum absolute atomic E-state index is 6.09. The lowest BCUT2D eigenvalue weighted by molar-refractivity contribution is -0.323. The molecule has 3 aromatic carbocycles. The van der Waals surface area contributed by atoms with Crippen LogP contribution in [0.5, 0.6) is 0 Å². The van der Waals surface area contributed by atoms with E-state index in [1.807, 2.05) is 92.0 Å². The number of halogens is 1. The highest BCUT2D eigenvalue weighted by Gasteiger charge is 2.51. The molecule has 0 unspecified atom stereocenters. The zero-order valence-corrected chi connectivity index (χ0v) is 14.6. The minimum Gasteiger partial charge on any atom is -0.236 e. The van der Waals surface area contributed by atoms with Gasteiger partial charge in [-0.1, -0.05) is 84.4 Å². The van der Waals surface area contributed by atoms with E-state index in [0.717, 1.165) is 16.7 Å². The van der Waals surface area contributed by atoms with Crippen molar-refractivity contribution < 1.29 is 9.78 Å². The molecule has 0 bridgehead atoms. The molecule has 3 nitrogen and oxygen atoms in total. The Morgan fingerprint density at radius 1 is 0.800 bits per heavy atom. The van der Waals surface area contributed by atoms with Crippen molar-refractivity contribution in [3.05, 3.63) is 107 Å². The highest BCUT2D eigenvalue weighted by Crippen LogP contribution is 2.47. The smallest absolute Gasteiger partial charge is 0.210 e. The first-order valence-electron chi connectivity index (χ1n) is 8.16. The van der Waals surface area contributed by atoms with Crippen molar-refractivity contribution in [3.63, 3.8) is 0 Å². The predicted molar refractivity (Wildman–Crippen MR) is 97.8 cm³/mol. The molecule has 1 aliphatic rings. The summed E-state index contributed by atoms with van der Waals surface area (Å²) in [6, 6.07) is 27.8. The fourth-order valence-electron chi connectivity index (χ4n) is 3.31. The quantitative estimate of drug-likeness (QED) is 0.610. The molecular weight excluding hydrogens is 334 g/mol. The minimum atomic E-state index is -0.841. The van der Waals surface area contributed by atoms with Crippen molar-refractivity contribution in [2.45, 2.75) is 12.0 Å². The van der Waals surface area contributed by atoms with Crippen LogP contribution in [0.15, 0.2) is 84.9 Å². The van der Waals surface area contributed by atoms with Crippen molar-refractivity contribution >= 4 is 11.6 Å². The average molecular weight is 352 g/mol. The first kappa shape index (κ1) is 16.3. The molecule has 0 amide bonds. The van der Waals surface area contributed by atoms with Crippen LogP contribution in [0.2, 0.25) is 5.02 Å². The normalized spacial score (nSPS) is 23.7. The fourth-order valence-corrected chi connectivity index (χ4v) is 3.44. The summed E-state index contributed by atoms with van der Waals surface area (Å²) in [5.41, 5.74) is 2.16. The molecule has 0 saturated carbocycles. The molecule has 25 heavy (non-hydrogen) atoms. The monoisotopic (exact) mass is 351 g/mol. The van der Waals surface area contributed by atoms with Gasteiger partial charge >= 0.3 is 0 Å². The Hall–Kier alpha value is -2.17. The second kappa shape index (κ2) is 6.62. The van der Waals surface area contributed by atoms with Gasteiger partial charge in [0.2, 0.25) is 5.72 Å². The van der Waals surface area contributed by atoms with E-state index in [1.54, 1.807) is 0 Å². The number of benzene rings is 3. The van der Waals surface area contributed by atoms with E-state index in [4.69, 9.17) is 21.4 Å². The van der Waals surface area contributed by atoms with Gasteiger partial charge in [-0.2, -0.15) is 0 Å². The number of hydrogen-bond acceptors (Lipinski definition) is 3. The molecule has 2 atom stereocenters. The standard InChI is InChI=1S/C21H18ClNO2/c1-23-20(16-8-4-2-5-9-16)24-25-21(23,17-10-6-3-7-11-17)18-12-14-19(22)15-13-18/h2-15,20H,1H3/t20-,21+/m0/s1. The van der Waals surface area contributed by atoms with Crippen molar-refractivity contribution in [3.8, 4) is 0 Å². The Balaban J connectivity index is 1.84. The second-order valence-electron chi connectivity index (χ2n) is 6.07. The van der Waals surface area contributed by atoms with Crippen LogP contribution in [-0.2, 0) is 15.5 Å². The topological polar surface area (TPSA) is 21.7 Å². The van der Waals surface area contributed by atoms with E-state index < -0.39 is 5.72 Å². The van der Waals surface area contributed by atoms with E-state index in [1.165, 1.54) is 0 Å². The van der Waals surface area contributed by atoms with Gasteiger partial charge < -0.3 is 0 Å². The predicted octanol–water partition coefficient (Wildman–Crippen LogP) is 5.13. The van der Waals surface area contributed by atoms with Crippen LogP contribution in [0, 0.1) is 0 Å². The van der Waals surface area contributed by atoms with Crippen molar-refractivity contribution in [2.75, 3.05) is 7.05 Å². The highest BCUT2D eigenvalue weighted by atomic mass is 35.5.